The minimum Gasteiger partial charge on any atom is -0.391 e. The normalized spacial score (nSPS) is 29.1. The second kappa shape index (κ2) is 4.31. The van der Waals surface area contributed by atoms with Crippen molar-refractivity contribution in [1.82, 2.24) is 4.90 Å². The first-order chi connectivity index (χ1) is 6.86. The Morgan fingerprint density at radius 3 is 1.93 bits per heavy atom. The van der Waals surface area contributed by atoms with E-state index in [1.807, 2.05) is 13.8 Å². The molecule has 1 rings (SSSR count). The molecule has 86 valence electrons. The average Bonchev–Trinajstić information content (AvgIpc) is 2.35. The van der Waals surface area contributed by atoms with Gasteiger partial charge in [0, 0.05) is 11.8 Å². The molecule has 3 unspecified atom stereocenters. The lowest BCUT2D eigenvalue weighted by molar-refractivity contribution is -0.141. The fourth-order valence-electron chi connectivity index (χ4n) is 1.61. The van der Waals surface area contributed by atoms with Crippen LogP contribution in [0.2, 0.25) is 0 Å². The number of aliphatic hydroxyl groups is 1. The van der Waals surface area contributed by atoms with Gasteiger partial charge in [0.15, 0.2) is 0 Å². The quantitative estimate of drug-likeness (QED) is 0.700. The summed E-state index contributed by atoms with van der Waals surface area (Å²) in [6, 6.07) is 0. The van der Waals surface area contributed by atoms with Crippen LogP contribution in [0.5, 0.6) is 0 Å². The van der Waals surface area contributed by atoms with E-state index in [1.165, 1.54) is 4.90 Å². The van der Waals surface area contributed by atoms with Gasteiger partial charge in [-0.15, -0.1) is 0 Å². The Morgan fingerprint density at radius 2 is 1.60 bits per heavy atom. The maximum absolute atomic E-state index is 11.7. The molecule has 0 aromatic heterocycles. The zero-order valence-electron chi connectivity index (χ0n) is 9.73. The molecule has 0 radical (unpaired) electrons. The molecule has 1 fully saturated rings. The van der Waals surface area contributed by atoms with Crippen molar-refractivity contribution in [2.75, 3.05) is 6.54 Å². The van der Waals surface area contributed by atoms with Gasteiger partial charge in [0.25, 0.3) is 0 Å². The highest BCUT2D eigenvalue weighted by Crippen LogP contribution is 2.25. The number of hydrogen-bond donors (Lipinski definition) is 1. The molecule has 1 aliphatic rings. The summed E-state index contributed by atoms with van der Waals surface area (Å²) in [5.74, 6) is -0.773. The number of likely N-dealkylation sites (tertiary alicyclic amines) is 1. The minimum atomic E-state index is -0.629. The van der Waals surface area contributed by atoms with Gasteiger partial charge in [0.1, 0.15) is 0 Å². The molecule has 4 heteroatoms. The van der Waals surface area contributed by atoms with Crippen LogP contribution in [-0.4, -0.2) is 34.5 Å². The summed E-state index contributed by atoms with van der Waals surface area (Å²) in [6.07, 6.45) is -0.629. The number of aliphatic hydroxyl groups excluding tert-OH is 1. The van der Waals surface area contributed by atoms with E-state index in [0.29, 0.717) is 0 Å². The smallest absolute Gasteiger partial charge is 0.232 e. The van der Waals surface area contributed by atoms with E-state index in [0.717, 1.165) is 0 Å². The summed E-state index contributed by atoms with van der Waals surface area (Å²) in [6.45, 7) is 7.37. The molecule has 1 heterocycles. The Bertz CT molecular complexity index is 255. The lowest BCUT2D eigenvalue weighted by Gasteiger charge is -2.21. The number of amides is 2. The van der Waals surface area contributed by atoms with Crippen molar-refractivity contribution in [3.63, 3.8) is 0 Å². The molecule has 3 atom stereocenters. The molecule has 0 aliphatic carbocycles. The van der Waals surface area contributed by atoms with Crippen molar-refractivity contribution in [2.24, 2.45) is 17.8 Å². The Balaban J connectivity index is 2.71. The lowest BCUT2D eigenvalue weighted by Crippen LogP contribution is -2.39. The maximum Gasteiger partial charge on any atom is 0.232 e. The first-order valence-electron chi connectivity index (χ1n) is 5.39. The minimum absolute atomic E-state index is 0.0526. The number of nitrogens with zero attached hydrogens (tertiary/aromatic N) is 1. The van der Waals surface area contributed by atoms with Gasteiger partial charge in [-0.1, -0.05) is 27.7 Å². The second-order valence-corrected chi connectivity index (χ2v) is 4.68. The average molecular weight is 213 g/mol. The maximum atomic E-state index is 11.7. The molecule has 0 spiro atoms. The van der Waals surface area contributed by atoms with Crippen LogP contribution >= 0.6 is 0 Å². The highest BCUT2D eigenvalue weighted by Gasteiger charge is 2.42. The lowest BCUT2D eigenvalue weighted by atomic mass is 10.00. The predicted octanol–water partition coefficient (Wildman–Crippen LogP) is 0.644. The third kappa shape index (κ3) is 2.20. The van der Waals surface area contributed by atoms with Crippen molar-refractivity contribution in [3.8, 4) is 0 Å². The molecule has 1 saturated heterocycles. The summed E-state index contributed by atoms with van der Waals surface area (Å²) in [7, 11) is 0. The molecule has 0 aromatic rings. The Labute approximate surface area is 90.3 Å². The third-order valence-electron chi connectivity index (χ3n) is 3.20. The number of hydrogen-bond acceptors (Lipinski definition) is 3. The Morgan fingerprint density at radius 1 is 1.20 bits per heavy atom. The van der Waals surface area contributed by atoms with Crippen LogP contribution in [0.1, 0.15) is 27.7 Å². The van der Waals surface area contributed by atoms with Crippen LogP contribution in [0.3, 0.4) is 0 Å². The summed E-state index contributed by atoms with van der Waals surface area (Å²) >= 11 is 0. The topological polar surface area (TPSA) is 57.6 Å². The summed E-state index contributed by atoms with van der Waals surface area (Å²) in [4.78, 5) is 24.6. The monoisotopic (exact) mass is 213 g/mol. The number of carbonyl (C=O) groups excluding carboxylic acids is 2. The van der Waals surface area contributed by atoms with Gasteiger partial charge in [-0.05, 0) is 5.92 Å². The van der Waals surface area contributed by atoms with Gasteiger partial charge in [-0.3, -0.25) is 14.5 Å². The standard InChI is InChI=1S/C11H19NO3/c1-6(2)9(13)5-12-10(14)7(3)8(4)11(12)15/h6-9,13H,5H2,1-4H3. The molecule has 2 amide bonds. The predicted molar refractivity (Wildman–Crippen MR) is 55.9 cm³/mol. The van der Waals surface area contributed by atoms with Crippen LogP contribution < -0.4 is 0 Å². The number of rotatable bonds is 3. The van der Waals surface area contributed by atoms with E-state index in [4.69, 9.17) is 0 Å². The Hall–Kier alpha value is -0.900. The van der Waals surface area contributed by atoms with Crippen LogP contribution in [0.25, 0.3) is 0 Å². The van der Waals surface area contributed by atoms with Gasteiger partial charge in [-0.2, -0.15) is 0 Å². The highest BCUT2D eigenvalue weighted by atomic mass is 16.3. The zero-order chi connectivity index (χ0) is 11.7. The van der Waals surface area contributed by atoms with Crippen LogP contribution in [0.4, 0.5) is 0 Å². The van der Waals surface area contributed by atoms with Crippen LogP contribution in [-0.2, 0) is 9.59 Å². The van der Waals surface area contributed by atoms with Gasteiger partial charge in [-0.25, -0.2) is 0 Å². The molecule has 0 aromatic carbocycles. The van der Waals surface area contributed by atoms with E-state index in [2.05, 4.69) is 0 Å². The SMILES string of the molecule is CC(C)C(O)CN1C(=O)C(C)C(C)C1=O. The van der Waals surface area contributed by atoms with E-state index in [1.54, 1.807) is 13.8 Å². The van der Waals surface area contributed by atoms with Crippen molar-refractivity contribution in [3.05, 3.63) is 0 Å². The second-order valence-electron chi connectivity index (χ2n) is 4.68. The van der Waals surface area contributed by atoms with Crippen LogP contribution in [0, 0.1) is 17.8 Å². The molecule has 4 nitrogen and oxygen atoms in total. The number of imide groups is 1. The zero-order valence-corrected chi connectivity index (χ0v) is 9.73. The largest absolute Gasteiger partial charge is 0.391 e. The fraction of sp³-hybridized carbons (Fsp3) is 0.818. The van der Waals surface area contributed by atoms with E-state index >= 15 is 0 Å². The third-order valence-corrected chi connectivity index (χ3v) is 3.20. The molecule has 1 aliphatic heterocycles. The summed E-state index contributed by atoms with van der Waals surface area (Å²) in [5, 5.41) is 9.65. The van der Waals surface area contributed by atoms with Gasteiger partial charge in [0.05, 0.1) is 12.6 Å². The molecule has 0 saturated carbocycles. The van der Waals surface area contributed by atoms with Crippen molar-refractivity contribution < 1.29 is 14.7 Å². The summed E-state index contributed by atoms with van der Waals surface area (Å²) < 4.78 is 0. The fourth-order valence-corrected chi connectivity index (χ4v) is 1.61. The Kier molecular flexibility index (Phi) is 3.50. The van der Waals surface area contributed by atoms with Crippen LogP contribution in [0.15, 0.2) is 0 Å². The molecular formula is C11H19NO3. The van der Waals surface area contributed by atoms with Gasteiger partial charge >= 0.3 is 0 Å². The van der Waals surface area contributed by atoms with E-state index < -0.39 is 6.10 Å². The molecular weight excluding hydrogens is 194 g/mol. The van der Waals surface area contributed by atoms with Crippen molar-refractivity contribution in [2.45, 2.75) is 33.8 Å². The molecule has 1 N–H and O–H groups in total. The van der Waals surface area contributed by atoms with Crippen molar-refractivity contribution in [1.29, 1.82) is 0 Å². The first-order valence-corrected chi connectivity index (χ1v) is 5.39. The van der Waals surface area contributed by atoms with E-state index in [9.17, 15) is 14.7 Å². The first kappa shape index (κ1) is 12.2. The van der Waals surface area contributed by atoms with Gasteiger partial charge in [0.2, 0.25) is 11.8 Å². The molecule has 15 heavy (non-hydrogen) atoms. The molecule has 0 bridgehead atoms. The summed E-state index contributed by atoms with van der Waals surface area (Å²) in [5.41, 5.74) is 0. The number of carbonyl (C=O) groups is 2. The number of β-amino-alcohol motifs (C(OH)–C–C–N with tert-alkyl or cyclic N) is 1. The van der Waals surface area contributed by atoms with Gasteiger partial charge < -0.3 is 5.11 Å². The van der Waals surface area contributed by atoms with Crippen molar-refractivity contribution >= 4 is 11.8 Å². The highest BCUT2D eigenvalue weighted by molar-refractivity contribution is 6.04. The van der Waals surface area contributed by atoms with E-state index in [-0.39, 0.29) is 36.1 Å².